The minimum atomic E-state index is -4.31. The van der Waals surface area contributed by atoms with Crippen LogP contribution in [-0.4, -0.2) is 17.8 Å². The van der Waals surface area contributed by atoms with Crippen molar-refractivity contribution in [3.05, 3.63) is 59.2 Å². The molecule has 0 amide bonds. The molecule has 0 aliphatic carbocycles. The van der Waals surface area contributed by atoms with Gasteiger partial charge in [0.15, 0.2) is 11.5 Å². The van der Waals surface area contributed by atoms with E-state index in [1.54, 1.807) is 12.1 Å². The normalized spacial score (nSPS) is 12.2. The molecule has 0 radical (unpaired) electrons. The Kier molecular flexibility index (Phi) is 6.18. The van der Waals surface area contributed by atoms with Crippen LogP contribution in [0.2, 0.25) is 0 Å². The smallest absolute Gasteiger partial charge is 0.416 e. The fourth-order valence-corrected chi connectivity index (χ4v) is 2.58. The Bertz CT molecular complexity index is 725. The van der Waals surface area contributed by atoms with Gasteiger partial charge in [0.25, 0.3) is 0 Å². The van der Waals surface area contributed by atoms with E-state index >= 15 is 0 Å². The van der Waals surface area contributed by atoms with Crippen LogP contribution in [0.15, 0.2) is 42.5 Å². The lowest BCUT2D eigenvalue weighted by molar-refractivity contribution is -0.137. The first-order chi connectivity index (χ1) is 12.1. The number of hydrogen-bond donors (Lipinski definition) is 2. The van der Waals surface area contributed by atoms with Crippen molar-refractivity contribution in [2.24, 2.45) is 0 Å². The number of phenolic OH excluding ortho intramolecular Hbond substituents is 1. The molecule has 142 valence electrons. The maximum atomic E-state index is 12.6. The summed E-state index contributed by atoms with van der Waals surface area (Å²) in [4.78, 5) is 0. The topological polar surface area (TPSA) is 41.5 Å². The van der Waals surface area contributed by atoms with E-state index in [-0.39, 0.29) is 11.3 Å². The molecule has 0 spiro atoms. The number of alkyl halides is 3. The Labute approximate surface area is 151 Å². The maximum Gasteiger partial charge on any atom is 0.416 e. The number of aryl methyl sites for hydroxylation is 1. The van der Waals surface area contributed by atoms with Gasteiger partial charge in [0.2, 0.25) is 0 Å². The molecule has 0 saturated heterocycles. The lowest BCUT2D eigenvalue weighted by atomic mass is 9.94. The summed E-state index contributed by atoms with van der Waals surface area (Å²) >= 11 is 0. The number of methoxy groups -OCH3 is 1. The quantitative estimate of drug-likeness (QED) is 0.730. The standard InChI is InChI=1S/C20H24F3NO2/c1-19(2,11-10-14-6-9-17(25)18(12-14)26-3)24-13-15-4-7-16(8-5-15)20(21,22)23/h4-9,12,24-25H,10-11,13H2,1-3H3. The van der Waals surface area contributed by atoms with Gasteiger partial charge in [-0.3, -0.25) is 0 Å². The predicted molar refractivity (Wildman–Crippen MR) is 95.3 cm³/mol. The van der Waals surface area contributed by atoms with Crippen LogP contribution >= 0.6 is 0 Å². The highest BCUT2D eigenvalue weighted by atomic mass is 19.4. The van der Waals surface area contributed by atoms with Gasteiger partial charge in [-0.05, 0) is 62.1 Å². The number of nitrogens with one attached hydrogen (secondary N) is 1. The van der Waals surface area contributed by atoms with E-state index in [1.165, 1.54) is 19.2 Å². The van der Waals surface area contributed by atoms with Crippen LogP contribution in [0.4, 0.5) is 13.2 Å². The summed E-state index contributed by atoms with van der Waals surface area (Å²) < 4.78 is 42.9. The summed E-state index contributed by atoms with van der Waals surface area (Å²) in [6.07, 6.45) is -2.71. The minimum absolute atomic E-state index is 0.107. The van der Waals surface area contributed by atoms with Crippen molar-refractivity contribution in [2.45, 2.75) is 44.9 Å². The molecule has 0 atom stereocenters. The van der Waals surface area contributed by atoms with Crippen molar-refractivity contribution in [3.8, 4) is 11.5 Å². The fourth-order valence-electron chi connectivity index (χ4n) is 2.58. The SMILES string of the molecule is COc1cc(CCC(C)(C)NCc2ccc(C(F)(F)F)cc2)ccc1O. The van der Waals surface area contributed by atoms with Crippen LogP contribution in [0.1, 0.15) is 37.0 Å². The Balaban J connectivity index is 1.90. The van der Waals surface area contributed by atoms with Crippen molar-refractivity contribution in [1.29, 1.82) is 0 Å². The van der Waals surface area contributed by atoms with Gasteiger partial charge in [-0.15, -0.1) is 0 Å². The van der Waals surface area contributed by atoms with Crippen LogP contribution in [0.3, 0.4) is 0 Å². The molecule has 0 heterocycles. The van der Waals surface area contributed by atoms with Gasteiger partial charge < -0.3 is 15.2 Å². The third-order valence-electron chi connectivity index (χ3n) is 4.34. The third-order valence-corrected chi connectivity index (χ3v) is 4.34. The van der Waals surface area contributed by atoms with E-state index in [0.29, 0.717) is 12.3 Å². The first-order valence-corrected chi connectivity index (χ1v) is 8.38. The molecule has 0 aliphatic rings. The van der Waals surface area contributed by atoms with E-state index in [9.17, 15) is 18.3 Å². The largest absolute Gasteiger partial charge is 0.504 e. The molecule has 2 aromatic rings. The Morgan fingerprint density at radius 2 is 1.62 bits per heavy atom. The van der Waals surface area contributed by atoms with Crippen LogP contribution < -0.4 is 10.1 Å². The number of halogens is 3. The number of hydrogen-bond acceptors (Lipinski definition) is 3. The summed E-state index contributed by atoms with van der Waals surface area (Å²) in [5.74, 6) is 0.550. The van der Waals surface area contributed by atoms with Gasteiger partial charge in [0.05, 0.1) is 12.7 Å². The van der Waals surface area contributed by atoms with Gasteiger partial charge in [-0.1, -0.05) is 18.2 Å². The molecule has 2 rings (SSSR count). The van der Waals surface area contributed by atoms with Crippen molar-refractivity contribution in [3.63, 3.8) is 0 Å². The van der Waals surface area contributed by atoms with Crippen LogP contribution in [0, 0.1) is 0 Å². The summed E-state index contributed by atoms with van der Waals surface area (Å²) in [6, 6.07) is 10.5. The van der Waals surface area contributed by atoms with E-state index in [2.05, 4.69) is 19.2 Å². The van der Waals surface area contributed by atoms with Gasteiger partial charge in [0.1, 0.15) is 0 Å². The first kappa shape index (κ1) is 20.1. The molecule has 0 saturated carbocycles. The average molecular weight is 367 g/mol. The Morgan fingerprint density at radius 1 is 1.00 bits per heavy atom. The molecular weight excluding hydrogens is 343 g/mol. The number of benzene rings is 2. The zero-order chi connectivity index (χ0) is 19.4. The molecular formula is C20H24F3NO2. The van der Waals surface area contributed by atoms with E-state index in [4.69, 9.17) is 4.74 Å². The second-order valence-corrected chi connectivity index (χ2v) is 6.94. The Morgan fingerprint density at radius 3 is 2.19 bits per heavy atom. The molecule has 2 N–H and O–H groups in total. The van der Waals surface area contributed by atoms with Crippen molar-refractivity contribution < 1.29 is 23.0 Å². The fraction of sp³-hybridized carbons (Fsp3) is 0.400. The number of ether oxygens (including phenoxy) is 1. The number of aromatic hydroxyl groups is 1. The molecule has 26 heavy (non-hydrogen) atoms. The highest BCUT2D eigenvalue weighted by Gasteiger charge is 2.30. The number of rotatable bonds is 7. The second kappa shape index (κ2) is 7.99. The molecule has 0 aromatic heterocycles. The molecule has 0 fully saturated rings. The molecule has 0 aliphatic heterocycles. The van der Waals surface area contributed by atoms with Crippen molar-refractivity contribution in [1.82, 2.24) is 5.32 Å². The summed E-state index contributed by atoms with van der Waals surface area (Å²) in [5.41, 5.74) is 1.01. The van der Waals surface area contributed by atoms with Crippen LogP contribution in [0.5, 0.6) is 11.5 Å². The van der Waals surface area contributed by atoms with E-state index in [0.717, 1.165) is 36.1 Å². The van der Waals surface area contributed by atoms with E-state index < -0.39 is 11.7 Å². The van der Waals surface area contributed by atoms with Crippen molar-refractivity contribution in [2.75, 3.05) is 7.11 Å². The lowest BCUT2D eigenvalue weighted by Crippen LogP contribution is -2.39. The zero-order valence-corrected chi connectivity index (χ0v) is 15.2. The molecule has 6 heteroatoms. The Hall–Kier alpha value is -2.21. The van der Waals surface area contributed by atoms with Crippen LogP contribution in [0.25, 0.3) is 0 Å². The highest BCUT2D eigenvalue weighted by Crippen LogP contribution is 2.29. The summed E-state index contributed by atoms with van der Waals surface area (Å²) in [5, 5.41) is 13.0. The predicted octanol–water partition coefficient (Wildman–Crippen LogP) is 4.92. The zero-order valence-electron chi connectivity index (χ0n) is 15.2. The van der Waals surface area contributed by atoms with Gasteiger partial charge in [-0.2, -0.15) is 13.2 Å². The monoisotopic (exact) mass is 367 g/mol. The van der Waals surface area contributed by atoms with Crippen molar-refractivity contribution >= 4 is 0 Å². The first-order valence-electron chi connectivity index (χ1n) is 8.38. The second-order valence-electron chi connectivity index (χ2n) is 6.94. The van der Waals surface area contributed by atoms with Gasteiger partial charge in [0, 0.05) is 12.1 Å². The summed E-state index contributed by atoms with van der Waals surface area (Å²) in [6.45, 7) is 4.59. The minimum Gasteiger partial charge on any atom is -0.504 e. The lowest BCUT2D eigenvalue weighted by Gasteiger charge is -2.27. The summed E-state index contributed by atoms with van der Waals surface area (Å²) in [7, 11) is 1.51. The molecule has 3 nitrogen and oxygen atoms in total. The molecule has 0 unspecified atom stereocenters. The van der Waals surface area contributed by atoms with Gasteiger partial charge in [-0.25, -0.2) is 0 Å². The van der Waals surface area contributed by atoms with E-state index in [1.807, 2.05) is 6.07 Å². The third kappa shape index (κ3) is 5.66. The molecule has 0 bridgehead atoms. The highest BCUT2D eigenvalue weighted by molar-refractivity contribution is 5.41. The van der Waals surface area contributed by atoms with Gasteiger partial charge >= 0.3 is 6.18 Å². The number of phenols is 1. The van der Waals surface area contributed by atoms with Crippen LogP contribution in [-0.2, 0) is 19.1 Å². The maximum absolute atomic E-state index is 12.6. The average Bonchev–Trinajstić information content (AvgIpc) is 2.59. The molecule has 2 aromatic carbocycles.